The van der Waals surface area contributed by atoms with Gasteiger partial charge >= 0.3 is 5.97 Å². The summed E-state index contributed by atoms with van der Waals surface area (Å²) >= 11 is 0. The van der Waals surface area contributed by atoms with Crippen LogP contribution in [0.25, 0.3) is 11.1 Å². The largest absolute Gasteiger partial charge is 0.467 e. The summed E-state index contributed by atoms with van der Waals surface area (Å²) in [7, 11) is 3.11. The second kappa shape index (κ2) is 12.3. The fourth-order valence-electron chi connectivity index (χ4n) is 3.75. The van der Waals surface area contributed by atoms with Crippen molar-refractivity contribution in [2.75, 3.05) is 20.8 Å². The predicted octanol–water partition coefficient (Wildman–Crippen LogP) is 4.98. The summed E-state index contributed by atoms with van der Waals surface area (Å²) in [6, 6.07) is 22.5. The Morgan fingerprint density at radius 1 is 0.848 bits per heavy atom. The van der Waals surface area contributed by atoms with Gasteiger partial charge in [0.05, 0.1) is 7.11 Å². The fourth-order valence-corrected chi connectivity index (χ4v) is 3.75. The molecule has 5 nitrogen and oxygen atoms in total. The molecule has 5 heteroatoms. The van der Waals surface area contributed by atoms with Gasteiger partial charge in [-0.3, -0.25) is 0 Å². The normalized spacial score (nSPS) is 13.0. The number of aromatic nitrogens is 1. The lowest BCUT2D eigenvalue weighted by molar-refractivity contribution is -0.698. The van der Waals surface area contributed by atoms with Crippen LogP contribution in [0.1, 0.15) is 37.5 Å². The number of rotatable bonds is 11. The van der Waals surface area contributed by atoms with E-state index in [0.29, 0.717) is 18.9 Å². The van der Waals surface area contributed by atoms with Crippen molar-refractivity contribution in [3.05, 3.63) is 90.3 Å². The number of ether oxygens (including phenoxy) is 3. The molecule has 0 radical (unpaired) electrons. The average Bonchev–Trinajstić information content (AvgIpc) is 2.85. The zero-order valence-electron chi connectivity index (χ0n) is 19.9. The Morgan fingerprint density at radius 3 is 2.03 bits per heavy atom. The van der Waals surface area contributed by atoms with Gasteiger partial charge in [-0.2, -0.15) is 0 Å². The van der Waals surface area contributed by atoms with E-state index in [4.69, 9.17) is 14.2 Å². The number of nitrogens with zero attached hydrogens (tertiary/aromatic N) is 1. The third kappa shape index (κ3) is 6.98. The number of carbonyl (C=O) groups excluding carboxylic acids is 1. The Bertz CT molecular complexity index is 985. The minimum atomic E-state index is -0.628. The predicted molar refractivity (Wildman–Crippen MR) is 129 cm³/mol. The summed E-state index contributed by atoms with van der Waals surface area (Å²) in [6.45, 7) is 5.65. The molecular formula is C28H34NO4+. The van der Waals surface area contributed by atoms with Crippen LogP contribution in [-0.4, -0.2) is 32.9 Å². The number of pyridine rings is 1. The molecule has 3 rings (SSSR count). The summed E-state index contributed by atoms with van der Waals surface area (Å²) in [5.41, 5.74) is 4.26. The molecule has 0 amide bonds. The van der Waals surface area contributed by atoms with Gasteiger partial charge in [-0.05, 0) is 34.6 Å². The van der Waals surface area contributed by atoms with E-state index >= 15 is 0 Å². The van der Waals surface area contributed by atoms with Crippen molar-refractivity contribution in [3.8, 4) is 11.1 Å². The van der Waals surface area contributed by atoms with Crippen molar-refractivity contribution in [1.82, 2.24) is 0 Å². The second-order valence-electron chi connectivity index (χ2n) is 8.51. The average molecular weight is 449 g/mol. The van der Waals surface area contributed by atoms with Crippen molar-refractivity contribution < 1.29 is 23.6 Å². The first-order chi connectivity index (χ1) is 16.0. The molecule has 0 spiro atoms. The van der Waals surface area contributed by atoms with Crippen molar-refractivity contribution >= 4 is 5.97 Å². The zero-order chi connectivity index (χ0) is 23.6. The van der Waals surface area contributed by atoms with E-state index in [1.165, 1.54) is 7.11 Å². The first-order valence-electron chi connectivity index (χ1n) is 11.4. The van der Waals surface area contributed by atoms with Gasteiger partial charge in [-0.1, -0.05) is 68.4 Å². The number of hydrogen-bond acceptors (Lipinski definition) is 4. The van der Waals surface area contributed by atoms with Gasteiger partial charge < -0.3 is 14.2 Å². The quantitative estimate of drug-likeness (QED) is 0.307. The highest BCUT2D eigenvalue weighted by Crippen LogP contribution is 2.31. The highest BCUT2D eigenvalue weighted by atomic mass is 16.6. The summed E-state index contributed by atoms with van der Waals surface area (Å²) in [4.78, 5) is 12.4. The molecule has 174 valence electrons. The molecule has 0 bridgehead atoms. The lowest BCUT2D eigenvalue weighted by Crippen LogP contribution is -2.34. The number of esters is 1. The minimum Gasteiger partial charge on any atom is -0.467 e. The van der Waals surface area contributed by atoms with Crippen LogP contribution in [0.5, 0.6) is 0 Å². The summed E-state index contributed by atoms with van der Waals surface area (Å²) in [5, 5.41) is 0. The maximum absolute atomic E-state index is 12.4. The number of carbonyl (C=O) groups is 1. The molecule has 2 atom stereocenters. The van der Waals surface area contributed by atoms with Crippen LogP contribution in [-0.2, 0) is 25.5 Å². The first-order valence-corrected chi connectivity index (χ1v) is 11.4. The van der Waals surface area contributed by atoms with Gasteiger partial charge in [0.15, 0.2) is 25.0 Å². The van der Waals surface area contributed by atoms with Crippen molar-refractivity contribution in [2.24, 2.45) is 5.92 Å². The van der Waals surface area contributed by atoms with E-state index in [0.717, 1.165) is 28.8 Å². The van der Waals surface area contributed by atoms with Crippen LogP contribution in [0.3, 0.4) is 0 Å². The van der Waals surface area contributed by atoms with Crippen molar-refractivity contribution in [1.29, 1.82) is 0 Å². The fraction of sp³-hybridized carbons (Fsp3) is 0.357. The molecule has 0 aliphatic carbocycles. The molecule has 3 aromatic rings. The monoisotopic (exact) mass is 448 g/mol. The smallest absolute Gasteiger partial charge is 0.335 e. The molecule has 2 aromatic carbocycles. The Hall–Kier alpha value is -3.02. The van der Waals surface area contributed by atoms with E-state index in [9.17, 15) is 4.79 Å². The van der Waals surface area contributed by atoms with Gasteiger partial charge in [-0.15, -0.1) is 0 Å². The molecule has 0 N–H and O–H groups in total. The molecule has 0 fully saturated rings. The van der Waals surface area contributed by atoms with Crippen LogP contribution in [0.4, 0.5) is 0 Å². The molecular weight excluding hydrogens is 414 g/mol. The molecule has 0 saturated heterocycles. The minimum absolute atomic E-state index is 0.303. The van der Waals surface area contributed by atoms with Gasteiger partial charge in [0.25, 0.3) is 0 Å². The zero-order valence-corrected chi connectivity index (χ0v) is 19.9. The molecule has 0 saturated carbocycles. The molecule has 1 heterocycles. The number of benzene rings is 2. The van der Waals surface area contributed by atoms with Gasteiger partial charge in [0.2, 0.25) is 0 Å². The van der Waals surface area contributed by atoms with Gasteiger partial charge in [-0.25, -0.2) is 9.36 Å². The summed E-state index contributed by atoms with van der Waals surface area (Å²) < 4.78 is 18.7. The lowest BCUT2D eigenvalue weighted by Gasteiger charge is -2.25. The van der Waals surface area contributed by atoms with E-state index < -0.39 is 6.10 Å². The summed E-state index contributed by atoms with van der Waals surface area (Å²) in [6.07, 6.45) is 3.73. The molecule has 1 aromatic heterocycles. The Labute approximate surface area is 196 Å². The van der Waals surface area contributed by atoms with Crippen LogP contribution in [0.2, 0.25) is 0 Å². The Balaban J connectivity index is 1.86. The summed E-state index contributed by atoms with van der Waals surface area (Å²) in [5.74, 6) is -0.0371. The van der Waals surface area contributed by atoms with Crippen LogP contribution >= 0.6 is 0 Å². The topological polar surface area (TPSA) is 48.6 Å². The standard InChI is InChI=1S/C28H34NO4/c1-21(2)20-26(28(30)32-4)33-27(24-8-6-5-7-9-24)25-12-10-22(11-13-25)23-14-16-29(17-15-23)18-19-31-3/h5-17,21,26-27H,18-20H2,1-4H3/q+1/t26-,27+/m0/s1. The van der Waals surface area contributed by atoms with E-state index in [1.807, 2.05) is 30.3 Å². The lowest BCUT2D eigenvalue weighted by atomic mass is 9.97. The Morgan fingerprint density at radius 2 is 1.45 bits per heavy atom. The van der Waals surface area contributed by atoms with Gasteiger partial charge in [0.1, 0.15) is 12.7 Å². The number of methoxy groups -OCH3 is 2. The van der Waals surface area contributed by atoms with Crippen LogP contribution in [0, 0.1) is 5.92 Å². The van der Waals surface area contributed by atoms with Gasteiger partial charge in [0, 0.05) is 19.2 Å². The molecule has 0 aliphatic rings. The maximum Gasteiger partial charge on any atom is 0.335 e. The van der Waals surface area contributed by atoms with E-state index in [1.54, 1.807) is 7.11 Å². The SMILES string of the molecule is COCC[n+]1ccc(-c2ccc([C@H](O[C@@H](CC(C)C)C(=O)OC)c3ccccc3)cc2)cc1. The van der Waals surface area contributed by atoms with Crippen molar-refractivity contribution in [2.45, 2.75) is 39.0 Å². The van der Waals surface area contributed by atoms with E-state index in [-0.39, 0.29) is 12.1 Å². The van der Waals surface area contributed by atoms with Crippen LogP contribution < -0.4 is 4.57 Å². The molecule has 0 unspecified atom stereocenters. The van der Waals surface area contributed by atoms with E-state index in [2.05, 4.69) is 67.2 Å². The highest BCUT2D eigenvalue weighted by Gasteiger charge is 2.27. The highest BCUT2D eigenvalue weighted by molar-refractivity contribution is 5.74. The van der Waals surface area contributed by atoms with Crippen LogP contribution in [0.15, 0.2) is 79.1 Å². The molecule has 33 heavy (non-hydrogen) atoms. The third-order valence-electron chi connectivity index (χ3n) is 5.54. The van der Waals surface area contributed by atoms with Crippen molar-refractivity contribution in [3.63, 3.8) is 0 Å². The number of hydrogen-bond donors (Lipinski definition) is 0. The third-order valence-corrected chi connectivity index (χ3v) is 5.54. The second-order valence-corrected chi connectivity index (χ2v) is 8.51. The molecule has 0 aliphatic heterocycles. The maximum atomic E-state index is 12.4. The Kier molecular flexibility index (Phi) is 9.16. The first kappa shape index (κ1) is 24.6.